The van der Waals surface area contributed by atoms with Gasteiger partial charge >= 0.3 is 0 Å². The second-order valence-corrected chi connectivity index (χ2v) is 6.41. The summed E-state index contributed by atoms with van der Waals surface area (Å²) in [6, 6.07) is 2.98. The van der Waals surface area contributed by atoms with E-state index < -0.39 is 0 Å². The zero-order valence-corrected chi connectivity index (χ0v) is 13.5. The summed E-state index contributed by atoms with van der Waals surface area (Å²) in [5.41, 5.74) is 0. The molecule has 0 aromatic heterocycles. The van der Waals surface area contributed by atoms with Crippen LogP contribution >= 0.6 is 0 Å². The fourth-order valence-corrected chi connectivity index (χ4v) is 4.35. The van der Waals surface area contributed by atoms with E-state index in [-0.39, 0.29) is 9.52 Å². The van der Waals surface area contributed by atoms with Crippen LogP contribution in [0.5, 0.6) is 0 Å². The Morgan fingerprint density at radius 2 is 1.25 bits per heavy atom. The van der Waals surface area contributed by atoms with Gasteiger partial charge in [-0.2, -0.15) is 0 Å². The van der Waals surface area contributed by atoms with Gasteiger partial charge in [-0.05, 0) is 32.2 Å². The molecular formula is C13H32N2Si. The maximum absolute atomic E-state index is 2.63. The molecule has 0 aliphatic rings. The average Bonchev–Trinajstić information content (AvgIpc) is 2.31. The highest BCUT2D eigenvalue weighted by Crippen LogP contribution is 2.11. The molecule has 0 aromatic carbocycles. The molecule has 2 nitrogen and oxygen atoms in total. The van der Waals surface area contributed by atoms with Gasteiger partial charge in [0.25, 0.3) is 0 Å². The van der Waals surface area contributed by atoms with Gasteiger partial charge < -0.3 is 0 Å². The van der Waals surface area contributed by atoms with E-state index in [4.69, 9.17) is 0 Å². The van der Waals surface area contributed by atoms with Crippen LogP contribution in [0.2, 0.25) is 12.1 Å². The Labute approximate surface area is 105 Å². The van der Waals surface area contributed by atoms with Gasteiger partial charge in [0.05, 0.1) is 6.17 Å². The Morgan fingerprint density at radius 1 is 0.812 bits per heavy atom. The fourth-order valence-electron chi connectivity index (χ4n) is 2.46. The van der Waals surface area contributed by atoms with Crippen molar-refractivity contribution in [3.05, 3.63) is 0 Å². The summed E-state index contributed by atoms with van der Waals surface area (Å²) in [6.45, 7) is 16.3. The Bertz CT molecular complexity index is 133. The SMILES string of the molecule is CCC[SiH2]CC(N(CC)CC)N(CC)CC. The van der Waals surface area contributed by atoms with Gasteiger partial charge in [-0.3, -0.25) is 9.80 Å². The Morgan fingerprint density at radius 3 is 1.56 bits per heavy atom. The van der Waals surface area contributed by atoms with Crippen LogP contribution in [-0.2, 0) is 0 Å². The molecule has 0 atom stereocenters. The summed E-state index contributed by atoms with van der Waals surface area (Å²) in [5.74, 6) is 0. The Hall–Kier alpha value is 0.137. The smallest absolute Gasteiger partial charge is 0.0592 e. The second-order valence-electron chi connectivity index (χ2n) is 4.42. The molecular weight excluding hydrogens is 212 g/mol. The van der Waals surface area contributed by atoms with E-state index in [1.54, 1.807) is 0 Å². The molecule has 0 saturated heterocycles. The minimum absolute atomic E-state index is 0.158. The van der Waals surface area contributed by atoms with Gasteiger partial charge in [0.2, 0.25) is 0 Å². The third kappa shape index (κ3) is 5.46. The first-order valence-electron chi connectivity index (χ1n) is 7.23. The van der Waals surface area contributed by atoms with E-state index in [2.05, 4.69) is 44.4 Å². The van der Waals surface area contributed by atoms with Gasteiger partial charge in [-0.25, -0.2) is 0 Å². The van der Waals surface area contributed by atoms with Crippen LogP contribution in [-0.4, -0.2) is 51.7 Å². The third-order valence-corrected chi connectivity index (χ3v) is 5.67. The first-order valence-corrected chi connectivity index (χ1v) is 9.23. The summed E-state index contributed by atoms with van der Waals surface area (Å²) in [6.07, 6.45) is 2.11. The molecule has 0 spiro atoms. The zero-order chi connectivity index (χ0) is 12.4. The quantitative estimate of drug-likeness (QED) is 0.331. The lowest BCUT2D eigenvalue weighted by Gasteiger charge is -2.38. The molecule has 0 rings (SSSR count). The van der Waals surface area contributed by atoms with Crippen molar-refractivity contribution in [3.63, 3.8) is 0 Å². The second kappa shape index (κ2) is 10.3. The number of hydrogen-bond donors (Lipinski definition) is 0. The van der Waals surface area contributed by atoms with Crippen LogP contribution in [0.3, 0.4) is 0 Å². The summed E-state index contributed by atoms with van der Waals surface area (Å²) < 4.78 is 0. The molecule has 0 radical (unpaired) electrons. The van der Waals surface area contributed by atoms with Crippen LogP contribution < -0.4 is 0 Å². The molecule has 3 heteroatoms. The molecule has 0 unspecified atom stereocenters. The van der Waals surface area contributed by atoms with E-state index in [1.165, 1.54) is 44.7 Å². The van der Waals surface area contributed by atoms with Crippen LogP contribution in [0.1, 0.15) is 41.0 Å². The molecule has 0 aromatic rings. The standard InChI is InChI=1S/C13H32N2Si/c1-6-11-16-12-13(14(7-2)8-3)15(9-4)10-5/h13H,6-12,16H2,1-5H3. The van der Waals surface area contributed by atoms with Crippen molar-refractivity contribution in [2.75, 3.05) is 26.2 Å². The molecule has 0 amide bonds. The van der Waals surface area contributed by atoms with E-state index in [0.717, 1.165) is 6.17 Å². The van der Waals surface area contributed by atoms with Crippen LogP contribution in [0.25, 0.3) is 0 Å². The predicted octanol–water partition coefficient (Wildman–Crippen LogP) is 2.41. The minimum Gasteiger partial charge on any atom is -0.289 e. The lowest BCUT2D eigenvalue weighted by molar-refractivity contribution is 0.0711. The van der Waals surface area contributed by atoms with Gasteiger partial charge in [-0.15, -0.1) is 0 Å². The average molecular weight is 244 g/mol. The zero-order valence-electron chi connectivity index (χ0n) is 12.1. The van der Waals surface area contributed by atoms with Crippen molar-refractivity contribution in [2.24, 2.45) is 0 Å². The van der Waals surface area contributed by atoms with Gasteiger partial charge in [0.1, 0.15) is 0 Å². The first kappa shape index (κ1) is 16.1. The van der Waals surface area contributed by atoms with Crippen LogP contribution in [0, 0.1) is 0 Å². The van der Waals surface area contributed by atoms with Crippen molar-refractivity contribution in [3.8, 4) is 0 Å². The highest BCUT2D eigenvalue weighted by Gasteiger charge is 2.20. The normalized spacial score (nSPS) is 12.8. The molecule has 0 N–H and O–H groups in total. The lowest BCUT2D eigenvalue weighted by Crippen LogP contribution is -2.48. The monoisotopic (exact) mass is 244 g/mol. The van der Waals surface area contributed by atoms with Crippen molar-refractivity contribution < 1.29 is 0 Å². The fraction of sp³-hybridized carbons (Fsp3) is 1.00. The largest absolute Gasteiger partial charge is 0.289 e. The molecule has 0 fully saturated rings. The van der Waals surface area contributed by atoms with Crippen molar-refractivity contribution >= 4 is 9.52 Å². The predicted molar refractivity (Wildman–Crippen MR) is 78.1 cm³/mol. The Kier molecular flexibility index (Phi) is 10.4. The number of rotatable bonds is 10. The molecule has 0 bridgehead atoms. The highest BCUT2D eigenvalue weighted by molar-refractivity contribution is 6.35. The van der Waals surface area contributed by atoms with Gasteiger partial charge in [-0.1, -0.05) is 47.1 Å². The maximum Gasteiger partial charge on any atom is 0.0592 e. The van der Waals surface area contributed by atoms with Gasteiger partial charge in [0.15, 0.2) is 0 Å². The molecule has 98 valence electrons. The maximum atomic E-state index is 2.63. The molecule has 0 heterocycles. The minimum atomic E-state index is 0.158. The molecule has 0 saturated carbocycles. The van der Waals surface area contributed by atoms with Crippen LogP contribution in [0.15, 0.2) is 0 Å². The summed E-state index contributed by atoms with van der Waals surface area (Å²) in [5, 5.41) is 0. The van der Waals surface area contributed by atoms with Crippen molar-refractivity contribution in [1.29, 1.82) is 0 Å². The molecule has 0 aliphatic carbocycles. The van der Waals surface area contributed by atoms with E-state index in [9.17, 15) is 0 Å². The summed E-state index contributed by atoms with van der Waals surface area (Å²) >= 11 is 0. The topological polar surface area (TPSA) is 6.48 Å². The summed E-state index contributed by atoms with van der Waals surface area (Å²) in [4.78, 5) is 5.27. The third-order valence-electron chi connectivity index (χ3n) is 3.53. The van der Waals surface area contributed by atoms with E-state index in [0.29, 0.717) is 0 Å². The van der Waals surface area contributed by atoms with E-state index >= 15 is 0 Å². The number of hydrogen-bond acceptors (Lipinski definition) is 2. The summed E-state index contributed by atoms with van der Waals surface area (Å²) in [7, 11) is 0.158. The van der Waals surface area contributed by atoms with Crippen molar-refractivity contribution in [2.45, 2.75) is 59.3 Å². The van der Waals surface area contributed by atoms with Crippen molar-refractivity contribution in [1.82, 2.24) is 9.80 Å². The Balaban J connectivity index is 4.34. The number of nitrogens with zero attached hydrogens (tertiary/aromatic N) is 2. The molecule has 16 heavy (non-hydrogen) atoms. The van der Waals surface area contributed by atoms with E-state index in [1.807, 2.05) is 0 Å². The van der Waals surface area contributed by atoms with Gasteiger partial charge in [0, 0.05) is 9.52 Å². The first-order chi connectivity index (χ1) is 7.74. The lowest BCUT2D eigenvalue weighted by atomic mass is 10.3. The highest BCUT2D eigenvalue weighted by atomic mass is 28.2. The molecule has 0 aliphatic heterocycles. The van der Waals surface area contributed by atoms with Crippen LogP contribution in [0.4, 0.5) is 0 Å².